The molecule has 0 aromatic carbocycles. The van der Waals surface area contributed by atoms with E-state index in [1.54, 1.807) is 0 Å². The summed E-state index contributed by atoms with van der Waals surface area (Å²) in [5, 5.41) is 0. The van der Waals surface area contributed by atoms with Crippen molar-refractivity contribution in [2.24, 2.45) is 5.73 Å². The third kappa shape index (κ3) is 13.9. The molecule has 0 aromatic heterocycles. The fraction of sp³-hybridized carbons (Fsp3) is 1.00. The molecular formula is C16H35N. The molecule has 0 aromatic rings. The van der Waals surface area contributed by atoms with Crippen LogP contribution in [0.2, 0.25) is 1.41 Å². The zero-order valence-electron chi connectivity index (χ0n) is 13.3. The fourth-order valence-corrected chi connectivity index (χ4v) is 2.37. The van der Waals surface area contributed by atoms with Crippen LogP contribution in [0.3, 0.4) is 0 Å². The Bertz CT molecular complexity index is 150. The number of unbranched alkanes of at least 4 members (excludes halogenated alkanes) is 9. The first kappa shape index (κ1) is 15.0. The summed E-state index contributed by atoms with van der Waals surface area (Å²) in [5.41, 5.74) is 2.68. The van der Waals surface area contributed by atoms with Crippen LogP contribution in [0.15, 0.2) is 0 Å². The first-order chi connectivity index (χ1) is 8.85. The van der Waals surface area contributed by atoms with Crippen LogP contribution in [-0.4, -0.2) is 6.04 Å². The molecule has 17 heavy (non-hydrogen) atoms. The molecule has 1 unspecified atom stereocenters. The number of rotatable bonds is 14. The van der Waals surface area contributed by atoms with Gasteiger partial charge in [-0.3, -0.25) is 0 Å². The molecule has 0 spiro atoms. The van der Waals surface area contributed by atoms with Gasteiger partial charge in [0.05, 0.1) is 0 Å². The quantitative estimate of drug-likeness (QED) is 0.404. The van der Waals surface area contributed by atoms with E-state index in [2.05, 4.69) is 19.6 Å². The van der Waals surface area contributed by atoms with Crippen molar-refractivity contribution < 1.29 is 1.41 Å². The minimum absolute atomic E-state index is 0.434. The largest absolute Gasteiger partial charge is 0.328 e. The van der Waals surface area contributed by atoms with Crippen LogP contribution in [0.5, 0.6) is 0 Å². The van der Waals surface area contributed by atoms with Crippen LogP contribution in [0.4, 0.5) is 0 Å². The Labute approximate surface area is 111 Å². The summed E-state index contributed by atoms with van der Waals surface area (Å²) in [6.07, 6.45) is 17.5. The molecule has 0 saturated heterocycles. The van der Waals surface area contributed by atoms with Crippen molar-refractivity contribution in [1.82, 2.24) is 0 Å². The van der Waals surface area contributed by atoms with Crippen LogP contribution < -0.4 is 5.73 Å². The van der Waals surface area contributed by atoms with Gasteiger partial charge in [-0.2, -0.15) is 0 Å². The Hall–Kier alpha value is -0.0400. The van der Waals surface area contributed by atoms with E-state index >= 15 is 0 Å². The van der Waals surface area contributed by atoms with Gasteiger partial charge in [0.25, 0.3) is 0 Å². The molecule has 1 atom stereocenters. The van der Waals surface area contributed by atoms with Crippen LogP contribution in [0.1, 0.15) is 97.3 Å². The Morgan fingerprint density at radius 1 is 0.706 bits per heavy atom. The summed E-state index contributed by atoms with van der Waals surface area (Å²) >= 11 is 0. The van der Waals surface area contributed by atoms with Gasteiger partial charge in [-0.25, -0.2) is 0 Å². The maximum Gasteiger partial charge on any atom is 0.119 e. The maximum atomic E-state index is 7.24. The van der Waals surface area contributed by atoms with Gasteiger partial charge in [0.2, 0.25) is 0 Å². The van der Waals surface area contributed by atoms with E-state index in [4.69, 9.17) is 1.41 Å². The predicted octanol–water partition coefficient (Wildman–Crippen LogP) is 5.42. The van der Waals surface area contributed by atoms with E-state index < -0.39 is 0 Å². The highest BCUT2D eigenvalue weighted by molar-refractivity contribution is 4.60. The van der Waals surface area contributed by atoms with Crippen molar-refractivity contribution in [3.05, 3.63) is 0 Å². The molecule has 1 heteroatoms. The molecule has 0 heterocycles. The molecule has 104 valence electrons. The monoisotopic (exact) mass is 242 g/mol. The highest BCUT2D eigenvalue weighted by Crippen LogP contribution is 2.12. The normalized spacial score (nSPS) is 13.6. The molecule has 1 nitrogen and oxygen atoms in total. The molecule has 0 rings (SSSR count). The Balaban J connectivity index is 3.10. The lowest BCUT2D eigenvalue weighted by molar-refractivity contribution is 0.502. The highest BCUT2D eigenvalue weighted by Gasteiger charge is 2.00. The molecule has 0 aliphatic carbocycles. The SMILES string of the molecule is [2H]NC(CCC)CCCCCCCCCCCC. The third-order valence-corrected chi connectivity index (χ3v) is 3.54. The first-order valence-electron chi connectivity index (χ1n) is 8.52. The van der Waals surface area contributed by atoms with Crippen molar-refractivity contribution in [3.8, 4) is 0 Å². The smallest absolute Gasteiger partial charge is 0.119 e. The fourth-order valence-electron chi connectivity index (χ4n) is 2.37. The average Bonchev–Trinajstić information content (AvgIpc) is 2.39. The summed E-state index contributed by atoms with van der Waals surface area (Å²) in [7, 11) is 0. The van der Waals surface area contributed by atoms with Gasteiger partial charge in [0.1, 0.15) is 1.41 Å². The van der Waals surface area contributed by atoms with Gasteiger partial charge in [0.15, 0.2) is 0 Å². The Morgan fingerprint density at radius 2 is 1.24 bits per heavy atom. The van der Waals surface area contributed by atoms with Crippen molar-refractivity contribution in [2.75, 3.05) is 0 Å². The summed E-state index contributed by atoms with van der Waals surface area (Å²) in [5.74, 6) is 0. The maximum absolute atomic E-state index is 7.24. The summed E-state index contributed by atoms with van der Waals surface area (Å²) < 4.78 is 7.24. The summed E-state index contributed by atoms with van der Waals surface area (Å²) in [6, 6.07) is 0.434. The Morgan fingerprint density at radius 3 is 1.71 bits per heavy atom. The van der Waals surface area contributed by atoms with E-state index in [0.717, 1.165) is 6.42 Å². The van der Waals surface area contributed by atoms with Gasteiger partial charge in [-0.05, 0) is 12.8 Å². The van der Waals surface area contributed by atoms with Gasteiger partial charge < -0.3 is 5.73 Å². The van der Waals surface area contributed by atoms with E-state index in [9.17, 15) is 0 Å². The van der Waals surface area contributed by atoms with Crippen LogP contribution >= 0.6 is 0 Å². The van der Waals surface area contributed by atoms with E-state index in [1.165, 1.54) is 77.0 Å². The Kier molecular flexibility index (Phi) is 12.4. The molecule has 0 aliphatic rings. The van der Waals surface area contributed by atoms with Gasteiger partial charge in [-0.1, -0.05) is 84.5 Å². The lowest BCUT2D eigenvalue weighted by Gasteiger charge is -2.09. The minimum Gasteiger partial charge on any atom is -0.328 e. The van der Waals surface area contributed by atoms with Crippen LogP contribution in [0, 0.1) is 0 Å². The molecule has 2 N–H and O–H groups in total. The lowest BCUT2D eigenvalue weighted by Crippen LogP contribution is -2.18. The van der Waals surface area contributed by atoms with Crippen molar-refractivity contribution in [1.29, 1.82) is 0 Å². The van der Waals surface area contributed by atoms with Gasteiger partial charge in [0, 0.05) is 6.04 Å². The van der Waals surface area contributed by atoms with Crippen molar-refractivity contribution in [2.45, 2.75) is 103 Å². The van der Waals surface area contributed by atoms with Crippen molar-refractivity contribution >= 4 is 0 Å². The molecular weight excluding hydrogens is 206 g/mol. The second-order valence-corrected chi connectivity index (χ2v) is 5.46. The van der Waals surface area contributed by atoms with E-state index in [0.29, 0.717) is 6.04 Å². The minimum atomic E-state index is 0.434. The molecule has 0 aliphatic heterocycles. The molecule has 0 bridgehead atoms. The zero-order valence-corrected chi connectivity index (χ0v) is 12.3. The van der Waals surface area contributed by atoms with E-state index in [1.807, 2.05) is 0 Å². The number of hydrogen-bond donors (Lipinski definition) is 1. The summed E-state index contributed by atoms with van der Waals surface area (Å²) in [6.45, 7) is 4.47. The van der Waals surface area contributed by atoms with Crippen molar-refractivity contribution in [3.63, 3.8) is 0 Å². The van der Waals surface area contributed by atoms with Gasteiger partial charge >= 0.3 is 0 Å². The number of hydrogen-bond acceptors (Lipinski definition) is 1. The lowest BCUT2D eigenvalue weighted by atomic mass is 10.0. The average molecular weight is 242 g/mol. The first-order valence-corrected chi connectivity index (χ1v) is 8.02. The van der Waals surface area contributed by atoms with Crippen LogP contribution in [0.25, 0.3) is 0 Å². The highest BCUT2D eigenvalue weighted by atomic mass is 14.6. The van der Waals surface area contributed by atoms with Crippen LogP contribution in [-0.2, 0) is 0 Å². The zero-order chi connectivity index (χ0) is 13.5. The topological polar surface area (TPSA) is 26.0 Å². The molecule has 0 fully saturated rings. The molecule has 0 radical (unpaired) electrons. The molecule has 0 saturated carbocycles. The number of nitrogens with two attached hydrogens (primary N) is 1. The predicted molar refractivity (Wildman–Crippen MR) is 79.3 cm³/mol. The third-order valence-electron chi connectivity index (χ3n) is 3.54. The second-order valence-electron chi connectivity index (χ2n) is 5.46. The van der Waals surface area contributed by atoms with E-state index in [-0.39, 0.29) is 0 Å². The standard InChI is InChI=1S/C16H35N/c1-3-5-6-7-8-9-10-11-12-13-15-16(17)14-4-2/h16H,3-15,17H2,1-2H3/i/hD. The molecule has 0 amide bonds. The second kappa shape index (κ2) is 14.0. The van der Waals surface area contributed by atoms with Gasteiger partial charge in [-0.15, -0.1) is 0 Å². The summed E-state index contributed by atoms with van der Waals surface area (Å²) in [4.78, 5) is 0.